The van der Waals surface area contributed by atoms with Gasteiger partial charge in [0.15, 0.2) is 12.4 Å². The summed E-state index contributed by atoms with van der Waals surface area (Å²) in [6.07, 6.45) is 0. The van der Waals surface area contributed by atoms with Gasteiger partial charge in [0.2, 0.25) is 0 Å². The molecule has 0 aliphatic heterocycles. The van der Waals surface area contributed by atoms with E-state index in [0.717, 1.165) is 0 Å². The monoisotopic (exact) mass is 365 g/mol. The van der Waals surface area contributed by atoms with Crippen molar-refractivity contribution in [1.29, 1.82) is 0 Å². The molecule has 0 fully saturated rings. The Kier molecular flexibility index (Phi) is 5.95. The second kappa shape index (κ2) is 7.95. The van der Waals surface area contributed by atoms with E-state index >= 15 is 0 Å². The number of benzene rings is 2. The Hall–Kier alpha value is -2.37. The molecular weight excluding hydrogens is 353 g/mol. The number of hydrogen-bond donors (Lipinski definition) is 1. The maximum absolute atomic E-state index is 11.9. The highest BCUT2D eigenvalue weighted by atomic mass is 35.5. The summed E-state index contributed by atoms with van der Waals surface area (Å²) < 4.78 is 4.92. The molecule has 1 N–H and O–H groups in total. The van der Waals surface area contributed by atoms with Crippen molar-refractivity contribution in [3.8, 4) is 0 Å². The zero-order chi connectivity index (χ0) is 17.7. The molecule has 7 heteroatoms. The lowest BCUT2D eigenvalue weighted by molar-refractivity contribution is -0.119. The number of esters is 1. The van der Waals surface area contributed by atoms with E-state index in [1.807, 2.05) is 0 Å². The van der Waals surface area contributed by atoms with E-state index in [0.29, 0.717) is 16.3 Å². The van der Waals surface area contributed by atoms with Gasteiger partial charge in [0, 0.05) is 11.3 Å². The topological polar surface area (TPSA) is 72.5 Å². The van der Waals surface area contributed by atoms with Gasteiger partial charge >= 0.3 is 5.97 Å². The largest absolute Gasteiger partial charge is 0.452 e. The van der Waals surface area contributed by atoms with Crippen molar-refractivity contribution in [3.05, 3.63) is 63.6 Å². The first-order chi connectivity index (χ1) is 11.4. The van der Waals surface area contributed by atoms with E-state index in [1.54, 1.807) is 24.3 Å². The number of hydrogen-bond acceptors (Lipinski definition) is 4. The molecule has 0 saturated heterocycles. The Labute approximate surface area is 148 Å². The third-order valence-electron chi connectivity index (χ3n) is 3.04. The number of anilines is 1. The third kappa shape index (κ3) is 4.81. The van der Waals surface area contributed by atoms with E-state index in [4.69, 9.17) is 27.9 Å². The molecule has 0 radical (unpaired) electrons. The highest BCUT2D eigenvalue weighted by molar-refractivity contribution is 6.42. The molecule has 0 spiro atoms. The number of carbonyl (C=O) groups excluding carboxylic acids is 3. The van der Waals surface area contributed by atoms with E-state index in [2.05, 4.69) is 5.32 Å². The lowest BCUT2D eigenvalue weighted by Gasteiger charge is -2.08. The summed E-state index contributed by atoms with van der Waals surface area (Å²) in [6.45, 7) is 0.962. The second-order valence-electron chi connectivity index (χ2n) is 4.89. The van der Waals surface area contributed by atoms with Gasteiger partial charge in [0.1, 0.15) is 0 Å². The number of amides is 1. The van der Waals surface area contributed by atoms with Crippen molar-refractivity contribution in [1.82, 2.24) is 0 Å². The van der Waals surface area contributed by atoms with Crippen LogP contribution in [-0.4, -0.2) is 24.3 Å². The summed E-state index contributed by atoms with van der Waals surface area (Å²) in [4.78, 5) is 35.0. The second-order valence-corrected chi connectivity index (χ2v) is 5.70. The van der Waals surface area contributed by atoms with Gasteiger partial charge in [-0.3, -0.25) is 9.59 Å². The minimum atomic E-state index is -0.693. The average molecular weight is 366 g/mol. The van der Waals surface area contributed by atoms with E-state index in [-0.39, 0.29) is 16.4 Å². The van der Waals surface area contributed by atoms with E-state index < -0.39 is 18.5 Å². The predicted molar refractivity (Wildman–Crippen MR) is 91.8 cm³/mol. The van der Waals surface area contributed by atoms with Crippen LogP contribution in [0.1, 0.15) is 27.6 Å². The predicted octanol–water partition coefficient (Wildman–Crippen LogP) is 3.99. The summed E-state index contributed by atoms with van der Waals surface area (Å²) in [6, 6.07) is 10.7. The Morgan fingerprint density at radius 1 is 1.00 bits per heavy atom. The van der Waals surface area contributed by atoms with Crippen LogP contribution in [0.3, 0.4) is 0 Å². The number of rotatable bonds is 5. The minimum absolute atomic E-state index is 0.114. The van der Waals surface area contributed by atoms with Crippen LogP contribution in [0.4, 0.5) is 5.69 Å². The fourth-order valence-corrected chi connectivity index (χ4v) is 2.15. The molecule has 2 aromatic rings. The van der Waals surface area contributed by atoms with Crippen molar-refractivity contribution in [2.24, 2.45) is 0 Å². The minimum Gasteiger partial charge on any atom is -0.452 e. The summed E-state index contributed by atoms with van der Waals surface area (Å²) in [5, 5.41) is 3.08. The lowest BCUT2D eigenvalue weighted by atomic mass is 10.1. The van der Waals surface area contributed by atoms with Crippen molar-refractivity contribution in [2.45, 2.75) is 6.92 Å². The highest BCUT2D eigenvalue weighted by Gasteiger charge is 2.12. The van der Waals surface area contributed by atoms with Gasteiger partial charge in [-0.1, -0.05) is 35.3 Å². The molecule has 24 heavy (non-hydrogen) atoms. The first kappa shape index (κ1) is 18.0. The molecule has 0 bridgehead atoms. The zero-order valence-electron chi connectivity index (χ0n) is 12.6. The Balaban J connectivity index is 1.93. The maximum Gasteiger partial charge on any atom is 0.338 e. The molecule has 0 aromatic heterocycles. The summed E-state index contributed by atoms with van der Waals surface area (Å²) in [7, 11) is 0. The molecule has 0 atom stereocenters. The average Bonchev–Trinajstić information content (AvgIpc) is 2.55. The van der Waals surface area contributed by atoms with Crippen LogP contribution in [0.5, 0.6) is 0 Å². The van der Waals surface area contributed by atoms with E-state index in [1.165, 1.54) is 25.1 Å². The van der Waals surface area contributed by atoms with Crippen LogP contribution in [-0.2, 0) is 9.53 Å². The van der Waals surface area contributed by atoms with Crippen LogP contribution in [0.25, 0.3) is 0 Å². The molecule has 2 aromatic carbocycles. The molecule has 124 valence electrons. The number of Topliss-reactive ketones (excluding diaryl/α,β-unsaturated/α-hetero) is 1. The Morgan fingerprint density at radius 3 is 2.42 bits per heavy atom. The quantitative estimate of drug-likeness (QED) is 0.642. The molecular formula is C17H13Cl2NO4. The lowest BCUT2D eigenvalue weighted by Crippen LogP contribution is -2.21. The van der Waals surface area contributed by atoms with Crippen molar-refractivity contribution in [3.63, 3.8) is 0 Å². The number of ketones is 1. The molecule has 5 nitrogen and oxygen atoms in total. The molecule has 0 unspecified atom stereocenters. The van der Waals surface area contributed by atoms with Crippen LogP contribution in [0.15, 0.2) is 42.5 Å². The van der Waals surface area contributed by atoms with Gasteiger partial charge in [-0.15, -0.1) is 0 Å². The number of ether oxygens (including phenoxy) is 1. The van der Waals surface area contributed by atoms with Crippen LogP contribution in [0.2, 0.25) is 10.0 Å². The summed E-state index contributed by atoms with van der Waals surface area (Å²) in [5.41, 5.74) is 1.11. The van der Waals surface area contributed by atoms with Crippen molar-refractivity contribution >= 4 is 46.5 Å². The van der Waals surface area contributed by atoms with Crippen molar-refractivity contribution in [2.75, 3.05) is 11.9 Å². The smallest absolute Gasteiger partial charge is 0.338 e. The van der Waals surface area contributed by atoms with Gasteiger partial charge in [-0.25, -0.2) is 4.79 Å². The zero-order valence-corrected chi connectivity index (χ0v) is 14.1. The normalized spacial score (nSPS) is 10.1. The number of carbonyl (C=O) groups is 3. The first-order valence-corrected chi connectivity index (χ1v) is 7.65. The van der Waals surface area contributed by atoms with Crippen LogP contribution in [0, 0.1) is 0 Å². The Bertz CT molecular complexity index is 805. The molecule has 1 amide bonds. The third-order valence-corrected chi connectivity index (χ3v) is 3.78. The SMILES string of the molecule is CC(=O)c1cccc(NC(=O)COC(=O)c2ccc(Cl)c(Cl)c2)c1. The van der Waals surface area contributed by atoms with Crippen LogP contribution < -0.4 is 5.32 Å². The highest BCUT2D eigenvalue weighted by Crippen LogP contribution is 2.22. The fraction of sp³-hybridized carbons (Fsp3) is 0.118. The molecule has 0 aliphatic rings. The van der Waals surface area contributed by atoms with Gasteiger partial charge in [-0.05, 0) is 37.3 Å². The standard InChI is InChI=1S/C17H13Cl2NO4/c1-10(21)11-3-2-4-13(7-11)20-16(22)9-24-17(23)12-5-6-14(18)15(19)8-12/h2-8H,9H2,1H3,(H,20,22). The van der Waals surface area contributed by atoms with Gasteiger partial charge in [0.05, 0.1) is 15.6 Å². The number of nitrogens with one attached hydrogen (secondary N) is 1. The summed E-state index contributed by atoms with van der Waals surface area (Å²) in [5.74, 6) is -1.33. The molecule has 2 rings (SSSR count). The molecule has 0 heterocycles. The van der Waals surface area contributed by atoms with Crippen molar-refractivity contribution < 1.29 is 19.1 Å². The first-order valence-electron chi connectivity index (χ1n) is 6.90. The Morgan fingerprint density at radius 2 is 1.75 bits per heavy atom. The van der Waals surface area contributed by atoms with Gasteiger partial charge < -0.3 is 10.1 Å². The summed E-state index contributed by atoms with van der Waals surface area (Å²) >= 11 is 11.6. The van der Waals surface area contributed by atoms with Gasteiger partial charge in [0.25, 0.3) is 5.91 Å². The maximum atomic E-state index is 11.9. The van der Waals surface area contributed by atoms with Gasteiger partial charge in [-0.2, -0.15) is 0 Å². The van der Waals surface area contributed by atoms with E-state index in [9.17, 15) is 14.4 Å². The molecule has 0 aliphatic carbocycles. The number of halogens is 2. The van der Waals surface area contributed by atoms with Crippen LogP contribution >= 0.6 is 23.2 Å². The molecule has 0 saturated carbocycles. The fourth-order valence-electron chi connectivity index (χ4n) is 1.85.